The van der Waals surface area contributed by atoms with Crippen LogP contribution in [-0.2, 0) is 22.8 Å². The van der Waals surface area contributed by atoms with Gasteiger partial charge in [0.25, 0.3) is 5.91 Å². The van der Waals surface area contributed by atoms with E-state index in [1.165, 1.54) is 11.3 Å². The summed E-state index contributed by atoms with van der Waals surface area (Å²) in [5.41, 5.74) is 1.67. The van der Waals surface area contributed by atoms with Gasteiger partial charge in [0.15, 0.2) is 11.6 Å². The largest absolute Gasteiger partial charge is 0.505 e. The zero-order chi connectivity index (χ0) is 26.5. The lowest BCUT2D eigenvalue weighted by atomic mass is 9.87. The van der Waals surface area contributed by atoms with Crippen molar-refractivity contribution in [1.82, 2.24) is 5.32 Å². The second kappa shape index (κ2) is 9.93. The number of carbonyl (C=O) groups excluding carboxylic acids is 2. The van der Waals surface area contributed by atoms with Crippen LogP contribution >= 0.6 is 31.7 Å². The van der Waals surface area contributed by atoms with Gasteiger partial charge in [-0.2, -0.15) is 13.2 Å². The fraction of sp³-hybridized carbons (Fsp3) is 0.480. The maximum absolute atomic E-state index is 14.5. The molecule has 2 heterocycles. The topological polar surface area (TPSA) is 78.8 Å². The van der Waals surface area contributed by atoms with Gasteiger partial charge in [0.2, 0.25) is 0 Å². The van der Waals surface area contributed by atoms with E-state index in [-0.39, 0.29) is 29.0 Å². The Labute approximate surface area is 221 Å². The number of amides is 1. The lowest BCUT2D eigenvalue weighted by Gasteiger charge is -2.31. The molecule has 37 heavy (non-hydrogen) atoms. The summed E-state index contributed by atoms with van der Waals surface area (Å²) in [5.74, 6) is -2.19. The van der Waals surface area contributed by atoms with Crippen molar-refractivity contribution in [3.05, 3.63) is 49.4 Å². The number of carbonyl (C=O) groups is 2. The normalized spacial score (nSPS) is 23.3. The van der Waals surface area contributed by atoms with Gasteiger partial charge in [-0.05, 0) is 67.3 Å². The number of alkyl halides is 3. The number of rotatable bonds is 4. The third-order valence-corrected chi connectivity index (χ3v) is 10.5. The highest BCUT2D eigenvalue weighted by Crippen LogP contribution is 2.61. The molecule has 0 radical (unpaired) electrons. The van der Waals surface area contributed by atoms with Crippen molar-refractivity contribution in [2.75, 3.05) is 0 Å². The number of nitrogens with zero attached hydrogens (tertiary/aromatic N) is 1. The Morgan fingerprint density at radius 3 is 2.49 bits per heavy atom. The number of ketones is 1. The van der Waals surface area contributed by atoms with Gasteiger partial charge in [0.05, 0.1) is 20.5 Å². The number of hydrogen-bond acceptors (Lipinski definition) is 5. The molecule has 198 valence electrons. The molecular formula is C25H24ClF4N2O3PS. The molecule has 2 atom stereocenters. The fourth-order valence-electron chi connectivity index (χ4n) is 5.32. The molecule has 0 saturated heterocycles. The molecule has 2 aliphatic carbocycles. The molecule has 1 aromatic carbocycles. The number of Topliss-reactive ketones (excluding diaryl/α,β-unsaturated/α-hetero) is 1. The van der Waals surface area contributed by atoms with Gasteiger partial charge in [0.1, 0.15) is 10.9 Å². The van der Waals surface area contributed by atoms with E-state index >= 15 is 0 Å². The number of phenolic OH excluding ortho intramolecular Hbond substituents is 1. The summed E-state index contributed by atoms with van der Waals surface area (Å²) < 4.78 is 61.8. The van der Waals surface area contributed by atoms with Crippen molar-refractivity contribution in [3.63, 3.8) is 0 Å². The minimum absolute atomic E-state index is 0.103. The van der Waals surface area contributed by atoms with E-state index in [1.807, 2.05) is 0 Å². The van der Waals surface area contributed by atoms with Crippen LogP contribution in [0.15, 0.2) is 16.9 Å². The van der Waals surface area contributed by atoms with Crippen LogP contribution in [0.3, 0.4) is 0 Å². The monoisotopic (exact) mass is 574 g/mol. The molecule has 3 aliphatic rings. The number of phenols is 1. The fourth-order valence-corrected chi connectivity index (χ4v) is 8.07. The van der Waals surface area contributed by atoms with Gasteiger partial charge in [-0.15, -0.1) is 11.3 Å². The molecule has 5 nitrogen and oxygen atoms in total. The van der Waals surface area contributed by atoms with Crippen molar-refractivity contribution in [2.24, 2.45) is 4.76 Å². The summed E-state index contributed by atoms with van der Waals surface area (Å²) in [6.45, 7) is 0. The van der Waals surface area contributed by atoms with Crippen molar-refractivity contribution in [1.29, 1.82) is 0 Å². The lowest BCUT2D eigenvalue weighted by Crippen LogP contribution is -2.38. The first-order valence-electron chi connectivity index (χ1n) is 12.1. The van der Waals surface area contributed by atoms with Gasteiger partial charge in [0, 0.05) is 34.0 Å². The number of thiophene rings is 1. The first-order chi connectivity index (χ1) is 17.5. The highest BCUT2D eigenvalue weighted by Gasteiger charge is 2.59. The lowest BCUT2D eigenvalue weighted by molar-refractivity contribution is -0.161. The summed E-state index contributed by atoms with van der Waals surface area (Å²) in [5, 5.41) is 9.84. The van der Waals surface area contributed by atoms with E-state index < -0.39 is 43.1 Å². The Morgan fingerprint density at radius 2 is 1.84 bits per heavy atom. The Kier molecular flexibility index (Phi) is 7.13. The van der Waals surface area contributed by atoms with Gasteiger partial charge in [-0.25, -0.2) is 4.39 Å². The van der Waals surface area contributed by atoms with Crippen LogP contribution in [0, 0.1) is 5.82 Å². The number of aromatic hydroxyl groups is 1. The van der Waals surface area contributed by atoms with E-state index in [2.05, 4.69) is 10.1 Å². The molecule has 12 heteroatoms. The van der Waals surface area contributed by atoms with Crippen LogP contribution in [0.25, 0.3) is 0 Å². The molecule has 0 spiro atoms. The van der Waals surface area contributed by atoms with Gasteiger partial charge in [-0.1, -0.05) is 11.6 Å². The number of fused-ring (bicyclic) bond motifs is 1. The van der Waals surface area contributed by atoms with Crippen LogP contribution in [-0.4, -0.2) is 34.7 Å². The molecule has 1 fully saturated rings. The quantitative estimate of drug-likeness (QED) is 0.319. The molecule has 1 amide bonds. The molecule has 1 aliphatic heterocycles. The number of halogens is 5. The van der Waals surface area contributed by atoms with Crippen molar-refractivity contribution in [2.45, 2.75) is 75.2 Å². The van der Waals surface area contributed by atoms with Crippen LogP contribution in [0.1, 0.15) is 76.2 Å². The predicted molar refractivity (Wildman–Crippen MR) is 136 cm³/mol. The van der Waals surface area contributed by atoms with Crippen molar-refractivity contribution >= 4 is 49.1 Å². The van der Waals surface area contributed by atoms with Crippen LogP contribution in [0.2, 0.25) is 5.02 Å². The van der Waals surface area contributed by atoms with E-state index in [1.54, 1.807) is 0 Å². The van der Waals surface area contributed by atoms with E-state index in [0.717, 1.165) is 36.1 Å². The summed E-state index contributed by atoms with van der Waals surface area (Å²) in [4.78, 5) is 25.9. The maximum Gasteiger partial charge on any atom is 0.404 e. The van der Waals surface area contributed by atoms with Crippen molar-refractivity contribution < 1.29 is 32.3 Å². The molecule has 1 saturated carbocycles. The Hall–Kier alpha value is -2.03. The number of nitrogens with one attached hydrogen (secondary N) is 1. The predicted octanol–water partition coefficient (Wildman–Crippen LogP) is 6.61. The standard InChI is InChI=1S/C25H24ClF4N2O3PS/c26-17-9-12(10-19(34)20(17)27)24(25(28,29)30)11-18(32-36-24)21-15-3-1-2-4-16(15)22(37-21)23(35)31-13-5-7-14(33)8-6-13/h9-10,13,34,36H,1-8,11H2,(H,31,35). The van der Waals surface area contributed by atoms with Crippen molar-refractivity contribution in [3.8, 4) is 5.75 Å². The molecule has 2 aromatic rings. The Balaban J connectivity index is 1.48. The first-order valence-corrected chi connectivity index (χ1v) is 14.2. The third kappa shape index (κ3) is 4.81. The van der Waals surface area contributed by atoms with Crippen LogP contribution in [0.4, 0.5) is 17.6 Å². The van der Waals surface area contributed by atoms with Gasteiger partial charge < -0.3 is 10.4 Å². The minimum Gasteiger partial charge on any atom is -0.505 e. The molecule has 1 aromatic heterocycles. The second-order valence-electron chi connectivity index (χ2n) is 9.75. The summed E-state index contributed by atoms with van der Waals surface area (Å²) in [7, 11) is -0.943. The highest BCUT2D eigenvalue weighted by atomic mass is 35.5. The van der Waals surface area contributed by atoms with Gasteiger partial charge in [-0.3, -0.25) is 14.4 Å². The smallest absolute Gasteiger partial charge is 0.404 e. The second-order valence-corrected chi connectivity index (χ2v) is 12.5. The average molecular weight is 575 g/mol. The van der Waals surface area contributed by atoms with E-state index in [9.17, 15) is 32.3 Å². The summed E-state index contributed by atoms with van der Waals surface area (Å²) >= 11 is 6.96. The Bertz CT molecular complexity index is 1280. The minimum atomic E-state index is -4.74. The SMILES string of the molecule is O=C1CCC(NC(=O)c2sc(C3=NPC(c4cc(O)c(F)c(Cl)c4)(C(F)(F)F)C3)c3c2CCCC3)CC1. The molecular weight excluding hydrogens is 551 g/mol. The zero-order valence-corrected chi connectivity index (χ0v) is 22.2. The van der Waals surface area contributed by atoms with E-state index in [0.29, 0.717) is 48.3 Å². The van der Waals surface area contributed by atoms with Gasteiger partial charge >= 0.3 is 6.18 Å². The third-order valence-electron chi connectivity index (χ3n) is 7.37. The summed E-state index contributed by atoms with van der Waals surface area (Å²) in [6, 6.07) is 1.58. The summed E-state index contributed by atoms with van der Waals surface area (Å²) in [6.07, 6.45) is -0.136. The molecule has 5 rings (SSSR count). The first kappa shape index (κ1) is 26.6. The van der Waals surface area contributed by atoms with E-state index in [4.69, 9.17) is 11.6 Å². The zero-order valence-electron chi connectivity index (χ0n) is 19.6. The van der Waals surface area contributed by atoms with Crippen LogP contribution in [0.5, 0.6) is 5.75 Å². The molecule has 0 bridgehead atoms. The average Bonchev–Trinajstić information content (AvgIpc) is 3.47. The highest BCUT2D eigenvalue weighted by molar-refractivity contribution is 7.39. The number of hydrogen-bond donors (Lipinski definition) is 2. The molecule has 2 unspecified atom stereocenters. The molecule has 2 N–H and O–H groups in total. The van der Waals surface area contributed by atoms with Crippen LogP contribution < -0.4 is 5.32 Å². The number of benzene rings is 1. The Morgan fingerprint density at radius 1 is 1.16 bits per heavy atom. The maximum atomic E-state index is 14.5.